The SMILES string of the molecule is Cc1c(CS)cc([N+](=O)[O-])cc1[N+](=O)[O-]. The lowest BCUT2D eigenvalue weighted by Crippen LogP contribution is -1.98. The average molecular weight is 228 g/mol. The van der Waals surface area contributed by atoms with Gasteiger partial charge in [-0.1, -0.05) is 0 Å². The molecule has 0 atom stereocenters. The maximum Gasteiger partial charge on any atom is 0.279 e. The summed E-state index contributed by atoms with van der Waals surface area (Å²) >= 11 is 3.97. The molecule has 0 aromatic heterocycles. The van der Waals surface area contributed by atoms with Crippen molar-refractivity contribution in [2.24, 2.45) is 0 Å². The molecular weight excluding hydrogens is 220 g/mol. The molecule has 0 heterocycles. The molecule has 0 saturated heterocycles. The van der Waals surface area contributed by atoms with E-state index in [-0.39, 0.29) is 17.1 Å². The van der Waals surface area contributed by atoms with Crippen LogP contribution in [-0.4, -0.2) is 9.85 Å². The van der Waals surface area contributed by atoms with E-state index in [1.807, 2.05) is 0 Å². The molecule has 1 aromatic rings. The summed E-state index contributed by atoms with van der Waals surface area (Å²) in [5, 5.41) is 21.1. The lowest BCUT2D eigenvalue weighted by Gasteiger charge is -2.03. The molecule has 0 saturated carbocycles. The molecule has 0 aliphatic rings. The average Bonchev–Trinajstić information content (AvgIpc) is 2.17. The van der Waals surface area contributed by atoms with Gasteiger partial charge in [0, 0.05) is 17.4 Å². The monoisotopic (exact) mass is 228 g/mol. The van der Waals surface area contributed by atoms with Crippen LogP contribution in [0.15, 0.2) is 12.1 Å². The third kappa shape index (κ3) is 2.24. The Bertz CT molecular complexity index is 433. The van der Waals surface area contributed by atoms with Crippen LogP contribution in [0.1, 0.15) is 11.1 Å². The van der Waals surface area contributed by atoms with Crippen molar-refractivity contribution in [1.29, 1.82) is 0 Å². The summed E-state index contributed by atoms with van der Waals surface area (Å²) in [7, 11) is 0. The van der Waals surface area contributed by atoms with Crippen molar-refractivity contribution >= 4 is 24.0 Å². The molecule has 0 aliphatic heterocycles. The molecule has 0 amide bonds. The molecular formula is C8H8N2O4S. The van der Waals surface area contributed by atoms with Crippen LogP contribution in [0.4, 0.5) is 11.4 Å². The fourth-order valence-electron chi connectivity index (χ4n) is 1.20. The number of thiol groups is 1. The van der Waals surface area contributed by atoms with E-state index in [0.717, 1.165) is 6.07 Å². The number of nitrogens with zero attached hydrogens (tertiary/aromatic N) is 2. The Morgan fingerprint density at radius 1 is 1.27 bits per heavy atom. The largest absolute Gasteiger partial charge is 0.279 e. The van der Waals surface area contributed by atoms with Crippen molar-refractivity contribution in [2.75, 3.05) is 0 Å². The van der Waals surface area contributed by atoms with E-state index in [4.69, 9.17) is 0 Å². The van der Waals surface area contributed by atoms with Crippen LogP contribution in [0.2, 0.25) is 0 Å². The summed E-state index contributed by atoms with van der Waals surface area (Å²) in [4.78, 5) is 19.9. The first-order valence-electron chi connectivity index (χ1n) is 4.00. The van der Waals surface area contributed by atoms with Crippen LogP contribution in [0.5, 0.6) is 0 Å². The first-order chi connectivity index (χ1) is 6.97. The van der Waals surface area contributed by atoms with Crippen LogP contribution < -0.4 is 0 Å². The van der Waals surface area contributed by atoms with Gasteiger partial charge in [0.2, 0.25) is 0 Å². The van der Waals surface area contributed by atoms with Gasteiger partial charge in [0.15, 0.2) is 0 Å². The van der Waals surface area contributed by atoms with E-state index in [1.54, 1.807) is 6.92 Å². The van der Waals surface area contributed by atoms with Gasteiger partial charge >= 0.3 is 0 Å². The van der Waals surface area contributed by atoms with Crippen molar-refractivity contribution in [3.8, 4) is 0 Å². The zero-order valence-corrected chi connectivity index (χ0v) is 8.73. The molecule has 0 aliphatic carbocycles. The highest BCUT2D eigenvalue weighted by molar-refractivity contribution is 7.79. The maximum atomic E-state index is 10.6. The highest BCUT2D eigenvalue weighted by Crippen LogP contribution is 2.28. The minimum atomic E-state index is -0.653. The van der Waals surface area contributed by atoms with Gasteiger partial charge in [0.05, 0.1) is 15.9 Å². The fourth-order valence-corrected chi connectivity index (χ4v) is 1.53. The molecule has 6 nitrogen and oxygen atoms in total. The van der Waals surface area contributed by atoms with Crippen LogP contribution in [0.3, 0.4) is 0 Å². The molecule has 0 fully saturated rings. The number of hydrogen-bond donors (Lipinski definition) is 1. The number of benzene rings is 1. The summed E-state index contributed by atoms with van der Waals surface area (Å²) in [6, 6.07) is 2.26. The minimum absolute atomic E-state index is 0.231. The van der Waals surface area contributed by atoms with Crippen LogP contribution in [0.25, 0.3) is 0 Å². The smallest absolute Gasteiger partial charge is 0.258 e. The highest BCUT2D eigenvalue weighted by atomic mass is 32.1. The summed E-state index contributed by atoms with van der Waals surface area (Å²) in [5.74, 6) is 0.231. The molecule has 80 valence electrons. The quantitative estimate of drug-likeness (QED) is 0.488. The molecule has 0 N–H and O–H groups in total. The summed E-state index contributed by atoms with van der Waals surface area (Å²) < 4.78 is 0. The van der Waals surface area contributed by atoms with E-state index in [9.17, 15) is 20.2 Å². The van der Waals surface area contributed by atoms with Crippen LogP contribution in [-0.2, 0) is 5.75 Å². The molecule has 15 heavy (non-hydrogen) atoms. The third-order valence-electron chi connectivity index (χ3n) is 2.05. The molecule has 0 bridgehead atoms. The van der Waals surface area contributed by atoms with E-state index < -0.39 is 9.85 Å². The van der Waals surface area contributed by atoms with Gasteiger partial charge in [0.25, 0.3) is 11.4 Å². The first-order valence-corrected chi connectivity index (χ1v) is 4.63. The second-order valence-electron chi connectivity index (χ2n) is 2.92. The zero-order chi connectivity index (χ0) is 11.6. The van der Waals surface area contributed by atoms with E-state index >= 15 is 0 Å². The molecule has 0 spiro atoms. The lowest BCUT2D eigenvalue weighted by atomic mass is 10.1. The predicted molar refractivity (Wildman–Crippen MR) is 57.2 cm³/mol. The Morgan fingerprint density at radius 2 is 1.87 bits per heavy atom. The Kier molecular flexibility index (Phi) is 3.25. The number of nitro groups is 2. The van der Waals surface area contributed by atoms with E-state index in [2.05, 4.69) is 12.6 Å². The van der Waals surface area contributed by atoms with E-state index in [0.29, 0.717) is 11.1 Å². The summed E-state index contributed by atoms with van der Waals surface area (Å²) in [6.45, 7) is 1.55. The van der Waals surface area contributed by atoms with Crippen molar-refractivity contribution in [3.05, 3.63) is 43.5 Å². The van der Waals surface area contributed by atoms with Crippen LogP contribution in [0, 0.1) is 27.2 Å². The Hall–Kier alpha value is -1.63. The van der Waals surface area contributed by atoms with Gasteiger partial charge in [0.1, 0.15) is 0 Å². The first kappa shape index (κ1) is 11.4. The van der Waals surface area contributed by atoms with Gasteiger partial charge in [-0.3, -0.25) is 20.2 Å². The van der Waals surface area contributed by atoms with Gasteiger partial charge in [-0.25, -0.2) is 0 Å². The number of non-ortho nitro benzene ring substituents is 1. The van der Waals surface area contributed by atoms with Crippen LogP contribution >= 0.6 is 12.6 Å². The van der Waals surface area contributed by atoms with Gasteiger partial charge < -0.3 is 0 Å². The Labute approximate surface area is 90.6 Å². The minimum Gasteiger partial charge on any atom is -0.258 e. The van der Waals surface area contributed by atoms with E-state index in [1.165, 1.54) is 6.07 Å². The lowest BCUT2D eigenvalue weighted by molar-refractivity contribution is -0.394. The van der Waals surface area contributed by atoms with Crippen molar-refractivity contribution in [2.45, 2.75) is 12.7 Å². The van der Waals surface area contributed by atoms with Gasteiger partial charge in [-0.2, -0.15) is 12.6 Å². The van der Waals surface area contributed by atoms with Gasteiger partial charge in [-0.05, 0) is 12.5 Å². The van der Waals surface area contributed by atoms with Gasteiger partial charge in [-0.15, -0.1) is 0 Å². The van der Waals surface area contributed by atoms with Crippen molar-refractivity contribution < 1.29 is 9.85 Å². The molecule has 0 radical (unpaired) electrons. The van der Waals surface area contributed by atoms with Crippen molar-refractivity contribution in [3.63, 3.8) is 0 Å². The number of nitro benzene ring substituents is 2. The zero-order valence-electron chi connectivity index (χ0n) is 7.84. The Balaban J connectivity index is 3.45. The van der Waals surface area contributed by atoms with Crippen molar-refractivity contribution in [1.82, 2.24) is 0 Å². The fraction of sp³-hybridized carbons (Fsp3) is 0.250. The standard InChI is InChI=1S/C8H8N2O4S/c1-5-6(4-15)2-7(9(11)12)3-8(5)10(13)14/h2-3,15H,4H2,1H3. The Morgan fingerprint density at radius 3 is 2.27 bits per heavy atom. The third-order valence-corrected chi connectivity index (χ3v) is 2.39. The highest BCUT2D eigenvalue weighted by Gasteiger charge is 2.20. The molecule has 7 heteroatoms. The predicted octanol–water partition coefficient (Wildman–Crippen LogP) is 2.24. The maximum absolute atomic E-state index is 10.6. The second-order valence-corrected chi connectivity index (χ2v) is 3.24. The number of hydrogen-bond acceptors (Lipinski definition) is 5. The number of rotatable bonds is 3. The molecule has 0 unspecified atom stereocenters. The topological polar surface area (TPSA) is 86.3 Å². The molecule has 1 aromatic carbocycles. The second kappa shape index (κ2) is 4.26. The summed E-state index contributed by atoms with van der Waals surface area (Å²) in [5.41, 5.74) is 0.393. The summed E-state index contributed by atoms with van der Waals surface area (Å²) in [6.07, 6.45) is 0. The molecule has 1 rings (SSSR count). The normalized spacial score (nSPS) is 10.0.